The van der Waals surface area contributed by atoms with Crippen molar-refractivity contribution in [3.63, 3.8) is 0 Å². The van der Waals surface area contributed by atoms with E-state index in [4.69, 9.17) is 9.84 Å². The van der Waals surface area contributed by atoms with Gasteiger partial charge in [0.25, 0.3) is 0 Å². The lowest BCUT2D eigenvalue weighted by Gasteiger charge is -2.07. The third-order valence-electron chi connectivity index (χ3n) is 3.84. The highest BCUT2D eigenvalue weighted by molar-refractivity contribution is 6.08. The molecule has 0 fully saturated rings. The molecule has 0 radical (unpaired) electrons. The molecule has 112 valence electrons. The largest absolute Gasteiger partial charge is 0.506 e. The number of aromatic nitrogens is 1. The van der Waals surface area contributed by atoms with Gasteiger partial charge < -0.3 is 14.4 Å². The molecule has 1 aromatic carbocycles. The van der Waals surface area contributed by atoms with E-state index in [1.165, 1.54) is 0 Å². The van der Waals surface area contributed by atoms with Crippen LogP contribution in [0.25, 0.3) is 6.08 Å². The van der Waals surface area contributed by atoms with Gasteiger partial charge in [0, 0.05) is 18.5 Å². The molecule has 0 amide bonds. The van der Waals surface area contributed by atoms with Gasteiger partial charge in [-0.2, -0.15) is 0 Å². The number of ketones is 1. The first-order chi connectivity index (χ1) is 10.6. The molecule has 3 rings (SSSR count). The molecule has 2 aromatic rings. The average Bonchev–Trinajstić information content (AvgIpc) is 3.09. The van der Waals surface area contributed by atoms with Crippen LogP contribution >= 0.6 is 0 Å². The van der Waals surface area contributed by atoms with Gasteiger partial charge in [0.1, 0.15) is 6.10 Å². The molecular weight excluding hydrogens is 282 g/mol. The predicted octanol–water partition coefficient (Wildman–Crippen LogP) is 3.50. The molecule has 5 nitrogen and oxygen atoms in total. The minimum atomic E-state index is -1.30. The highest BCUT2D eigenvalue weighted by Crippen LogP contribution is 2.32. The number of ether oxygens (including phenoxy) is 1. The van der Waals surface area contributed by atoms with Crippen LogP contribution in [0.2, 0.25) is 0 Å². The minimum absolute atomic E-state index is 0.0853. The van der Waals surface area contributed by atoms with Crippen LogP contribution in [-0.4, -0.2) is 21.6 Å². The normalized spacial score (nSPS) is 16.1. The fourth-order valence-corrected chi connectivity index (χ4v) is 2.77. The summed E-state index contributed by atoms with van der Waals surface area (Å²) in [5.41, 5.74) is 2.83. The summed E-state index contributed by atoms with van der Waals surface area (Å²) in [5, 5.41) is 8.74. The lowest BCUT2D eigenvalue weighted by molar-refractivity contribution is 0.0519. The highest BCUT2D eigenvalue weighted by atomic mass is 16.7. The summed E-state index contributed by atoms with van der Waals surface area (Å²) in [5.74, 6) is -0.0853. The zero-order valence-electron chi connectivity index (χ0n) is 11.9. The maximum absolute atomic E-state index is 12.6. The van der Waals surface area contributed by atoms with Gasteiger partial charge >= 0.3 is 6.16 Å². The number of hydrogen-bond acceptors (Lipinski definition) is 3. The van der Waals surface area contributed by atoms with E-state index in [0.717, 1.165) is 11.3 Å². The van der Waals surface area contributed by atoms with E-state index in [9.17, 15) is 9.59 Å². The van der Waals surface area contributed by atoms with Crippen LogP contribution in [0, 0.1) is 0 Å². The smallest absolute Gasteiger partial charge is 0.450 e. The molecule has 1 unspecified atom stereocenters. The fourth-order valence-electron chi connectivity index (χ4n) is 2.77. The first-order valence-corrected chi connectivity index (χ1v) is 6.96. The molecule has 5 heteroatoms. The van der Waals surface area contributed by atoms with Crippen LogP contribution in [-0.2, 0) is 11.3 Å². The van der Waals surface area contributed by atoms with Crippen molar-refractivity contribution in [1.82, 2.24) is 4.57 Å². The third kappa shape index (κ3) is 2.41. The van der Waals surface area contributed by atoms with Crippen molar-refractivity contribution in [3.8, 4) is 0 Å². The summed E-state index contributed by atoms with van der Waals surface area (Å²) in [6.07, 6.45) is 0.476. The summed E-state index contributed by atoms with van der Waals surface area (Å²) >= 11 is 0. The molecule has 1 N–H and O–H groups in total. The van der Waals surface area contributed by atoms with Crippen molar-refractivity contribution in [2.45, 2.75) is 19.1 Å². The molecular formula is C17H15NO4. The highest BCUT2D eigenvalue weighted by Gasteiger charge is 2.29. The van der Waals surface area contributed by atoms with Crippen molar-refractivity contribution in [2.75, 3.05) is 0 Å². The number of rotatable bonds is 4. The lowest BCUT2D eigenvalue weighted by atomic mass is 10.1. The first kappa shape index (κ1) is 14.1. The lowest BCUT2D eigenvalue weighted by Crippen LogP contribution is -2.09. The second kappa shape index (κ2) is 5.52. The molecule has 1 aliphatic heterocycles. The van der Waals surface area contributed by atoms with Crippen molar-refractivity contribution in [3.05, 3.63) is 65.5 Å². The molecule has 0 aliphatic carbocycles. The van der Waals surface area contributed by atoms with Crippen molar-refractivity contribution < 1.29 is 19.4 Å². The maximum Gasteiger partial charge on any atom is 0.506 e. The zero-order chi connectivity index (χ0) is 15.7. The Bertz CT molecular complexity index is 743. The second-order valence-corrected chi connectivity index (χ2v) is 5.11. The number of carbonyl (C=O) groups is 2. The van der Waals surface area contributed by atoms with Crippen molar-refractivity contribution in [2.24, 2.45) is 0 Å². The predicted molar refractivity (Wildman–Crippen MR) is 80.9 cm³/mol. The molecule has 0 bridgehead atoms. The Morgan fingerprint density at radius 2 is 1.95 bits per heavy atom. The number of benzene rings is 1. The first-order valence-electron chi connectivity index (χ1n) is 6.96. The minimum Gasteiger partial charge on any atom is -0.450 e. The van der Waals surface area contributed by atoms with Gasteiger partial charge in [-0.15, -0.1) is 0 Å². The third-order valence-corrected chi connectivity index (χ3v) is 3.84. The Hall–Kier alpha value is -2.82. The van der Waals surface area contributed by atoms with Gasteiger partial charge in [-0.3, -0.25) is 4.79 Å². The van der Waals surface area contributed by atoms with Crippen LogP contribution in [0.15, 0.2) is 43.0 Å². The summed E-state index contributed by atoms with van der Waals surface area (Å²) < 4.78 is 6.67. The molecule has 1 aliphatic rings. The SMILES string of the molecule is C=Cc1ccc(C(=O)c2ccc3n2CCC3OC(=O)O)cc1. The number of carbonyl (C=O) groups excluding carboxylic acids is 1. The van der Waals surface area contributed by atoms with Crippen molar-refractivity contribution >= 4 is 18.0 Å². The van der Waals surface area contributed by atoms with Gasteiger partial charge in [0.2, 0.25) is 5.78 Å². The number of fused-ring (bicyclic) bond motifs is 1. The summed E-state index contributed by atoms with van der Waals surface area (Å²) in [6, 6.07) is 10.7. The Morgan fingerprint density at radius 3 is 2.59 bits per heavy atom. The summed E-state index contributed by atoms with van der Waals surface area (Å²) in [4.78, 5) is 23.3. The number of carboxylic acid groups (broad SMARTS) is 1. The molecule has 22 heavy (non-hydrogen) atoms. The summed E-state index contributed by atoms with van der Waals surface area (Å²) in [7, 11) is 0. The average molecular weight is 297 g/mol. The Kier molecular flexibility index (Phi) is 3.55. The van der Waals surface area contributed by atoms with E-state index in [1.54, 1.807) is 30.3 Å². The molecule has 1 atom stereocenters. The standard InChI is InChI=1S/C17H15NO4/c1-2-11-3-5-12(6-4-11)16(19)14-8-7-13-15(22-17(20)21)9-10-18(13)14/h2-8,15H,1,9-10H2,(H,20,21). The van der Waals surface area contributed by atoms with Crippen LogP contribution in [0.3, 0.4) is 0 Å². The van der Waals surface area contributed by atoms with E-state index in [-0.39, 0.29) is 5.78 Å². The van der Waals surface area contributed by atoms with E-state index in [2.05, 4.69) is 6.58 Å². The molecule has 2 heterocycles. The quantitative estimate of drug-likeness (QED) is 0.692. The fraction of sp³-hybridized carbons (Fsp3) is 0.176. The van der Waals surface area contributed by atoms with E-state index in [1.807, 2.05) is 16.7 Å². The Labute approximate surface area is 127 Å². The zero-order valence-corrected chi connectivity index (χ0v) is 11.9. The molecule has 1 aromatic heterocycles. The Morgan fingerprint density at radius 1 is 1.23 bits per heavy atom. The molecule has 0 spiro atoms. The van der Waals surface area contributed by atoms with Crippen molar-refractivity contribution in [1.29, 1.82) is 0 Å². The number of nitrogens with zero attached hydrogens (tertiary/aromatic N) is 1. The van der Waals surface area contributed by atoms with Gasteiger partial charge in [0.15, 0.2) is 0 Å². The van der Waals surface area contributed by atoms with Crippen LogP contribution in [0.1, 0.15) is 39.8 Å². The molecule has 0 saturated heterocycles. The topological polar surface area (TPSA) is 68.5 Å². The monoisotopic (exact) mass is 297 g/mol. The van der Waals surface area contributed by atoms with Gasteiger partial charge in [-0.05, 0) is 17.7 Å². The van der Waals surface area contributed by atoms with Crippen LogP contribution in [0.5, 0.6) is 0 Å². The summed E-state index contributed by atoms with van der Waals surface area (Å²) in [6.45, 7) is 4.26. The van der Waals surface area contributed by atoms with Gasteiger partial charge in [-0.1, -0.05) is 36.9 Å². The van der Waals surface area contributed by atoms with Crippen LogP contribution in [0.4, 0.5) is 4.79 Å². The maximum atomic E-state index is 12.6. The number of hydrogen-bond donors (Lipinski definition) is 1. The second-order valence-electron chi connectivity index (χ2n) is 5.11. The van der Waals surface area contributed by atoms with E-state index >= 15 is 0 Å². The Balaban J connectivity index is 1.88. The molecule has 0 saturated carbocycles. The van der Waals surface area contributed by atoms with E-state index in [0.29, 0.717) is 24.2 Å². The van der Waals surface area contributed by atoms with E-state index < -0.39 is 12.3 Å². The van der Waals surface area contributed by atoms with Crippen LogP contribution < -0.4 is 0 Å². The van der Waals surface area contributed by atoms with Gasteiger partial charge in [-0.25, -0.2) is 4.79 Å². The van der Waals surface area contributed by atoms with Gasteiger partial charge in [0.05, 0.1) is 11.4 Å².